The highest BCUT2D eigenvalue weighted by molar-refractivity contribution is 5.06. The topological polar surface area (TPSA) is 55.9 Å². The molecule has 0 aliphatic rings. The number of nitrogens with two attached hydrogens (primary N) is 1. The fourth-order valence-corrected chi connectivity index (χ4v) is 1.76. The summed E-state index contributed by atoms with van der Waals surface area (Å²) in [7, 11) is 0. The fraction of sp³-hybridized carbons (Fsp3) is 0.727. The molecule has 3 N–H and O–H groups in total. The lowest BCUT2D eigenvalue weighted by molar-refractivity contribution is 0.445. The molecule has 15 heavy (non-hydrogen) atoms. The van der Waals surface area contributed by atoms with Crippen LogP contribution in [-0.4, -0.2) is 9.78 Å². The molecule has 1 atom stereocenters. The minimum Gasteiger partial charge on any atom is -0.271 e. The van der Waals surface area contributed by atoms with E-state index in [1.165, 1.54) is 18.5 Å². The molecule has 4 nitrogen and oxygen atoms in total. The Kier molecular flexibility index (Phi) is 5.36. The second kappa shape index (κ2) is 6.58. The highest BCUT2D eigenvalue weighted by Crippen LogP contribution is 2.18. The van der Waals surface area contributed by atoms with Gasteiger partial charge in [0.15, 0.2) is 0 Å². The predicted molar refractivity (Wildman–Crippen MR) is 62.1 cm³/mol. The number of aryl methyl sites for hydroxylation is 1. The lowest BCUT2D eigenvalue weighted by Gasteiger charge is -2.17. The molecule has 0 aromatic carbocycles. The minimum absolute atomic E-state index is 0.235. The van der Waals surface area contributed by atoms with Gasteiger partial charge in [0.1, 0.15) is 0 Å². The molecular weight excluding hydrogens is 188 g/mol. The molecule has 0 radical (unpaired) electrons. The van der Waals surface area contributed by atoms with Gasteiger partial charge in [-0.1, -0.05) is 26.7 Å². The van der Waals surface area contributed by atoms with E-state index in [0.717, 1.165) is 19.4 Å². The van der Waals surface area contributed by atoms with Crippen molar-refractivity contribution in [3.63, 3.8) is 0 Å². The zero-order chi connectivity index (χ0) is 11.1. The van der Waals surface area contributed by atoms with Gasteiger partial charge < -0.3 is 0 Å². The van der Waals surface area contributed by atoms with Crippen LogP contribution in [0.3, 0.4) is 0 Å². The molecule has 0 bridgehead atoms. The Morgan fingerprint density at radius 2 is 2.27 bits per heavy atom. The molecule has 0 saturated carbocycles. The molecule has 0 aliphatic heterocycles. The second-order valence-electron chi connectivity index (χ2n) is 3.84. The Bertz CT molecular complexity index is 269. The van der Waals surface area contributed by atoms with Crippen LogP contribution in [-0.2, 0) is 6.54 Å². The van der Waals surface area contributed by atoms with E-state index in [9.17, 15) is 0 Å². The first-order valence-corrected chi connectivity index (χ1v) is 5.81. The number of hydrogen-bond acceptors (Lipinski definition) is 3. The van der Waals surface area contributed by atoms with Crippen LogP contribution < -0.4 is 11.3 Å². The van der Waals surface area contributed by atoms with E-state index in [1.807, 2.05) is 10.9 Å². The summed E-state index contributed by atoms with van der Waals surface area (Å²) >= 11 is 0. The van der Waals surface area contributed by atoms with Crippen molar-refractivity contribution in [3.8, 4) is 0 Å². The SMILES string of the molecule is CCCCC(NN)c1ccnn1CCC. The average molecular weight is 210 g/mol. The van der Waals surface area contributed by atoms with Gasteiger partial charge in [0, 0.05) is 12.7 Å². The zero-order valence-electron chi connectivity index (χ0n) is 9.74. The first kappa shape index (κ1) is 12.2. The molecule has 1 unspecified atom stereocenters. The van der Waals surface area contributed by atoms with Crippen molar-refractivity contribution in [3.05, 3.63) is 18.0 Å². The van der Waals surface area contributed by atoms with Crippen LogP contribution in [0.25, 0.3) is 0 Å². The Hall–Kier alpha value is -0.870. The van der Waals surface area contributed by atoms with Crippen molar-refractivity contribution in [2.75, 3.05) is 0 Å². The van der Waals surface area contributed by atoms with Gasteiger partial charge in [-0.3, -0.25) is 16.0 Å². The summed E-state index contributed by atoms with van der Waals surface area (Å²) < 4.78 is 2.04. The summed E-state index contributed by atoms with van der Waals surface area (Å²) in [5.74, 6) is 5.58. The number of hydrogen-bond donors (Lipinski definition) is 2. The Labute approximate surface area is 91.8 Å². The normalized spacial score (nSPS) is 13.0. The van der Waals surface area contributed by atoms with Crippen molar-refractivity contribution in [2.45, 2.75) is 52.1 Å². The molecular formula is C11H22N4. The second-order valence-corrected chi connectivity index (χ2v) is 3.84. The van der Waals surface area contributed by atoms with Crippen LogP contribution >= 0.6 is 0 Å². The van der Waals surface area contributed by atoms with Crippen molar-refractivity contribution in [2.24, 2.45) is 5.84 Å². The van der Waals surface area contributed by atoms with Crippen LogP contribution in [0.1, 0.15) is 51.3 Å². The van der Waals surface area contributed by atoms with E-state index in [1.54, 1.807) is 0 Å². The van der Waals surface area contributed by atoms with Crippen molar-refractivity contribution in [1.82, 2.24) is 15.2 Å². The molecule has 0 amide bonds. The quantitative estimate of drug-likeness (QED) is 0.534. The summed E-state index contributed by atoms with van der Waals surface area (Å²) in [6.07, 6.45) is 6.40. The largest absolute Gasteiger partial charge is 0.271 e. The Morgan fingerprint density at radius 3 is 2.87 bits per heavy atom. The van der Waals surface area contributed by atoms with Crippen molar-refractivity contribution < 1.29 is 0 Å². The molecule has 1 aromatic rings. The van der Waals surface area contributed by atoms with Gasteiger partial charge >= 0.3 is 0 Å². The standard InChI is InChI=1S/C11H22N4/c1-3-5-6-10(14-12)11-7-8-13-15(11)9-4-2/h7-8,10,14H,3-6,9,12H2,1-2H3. The van der Waals surface area contributed by atoms with Gasteiger partial charge in [-0.2, -0.15) is 5.10 Å². The Balaban J connectivity index is 2.67. The number of aromatic nitrogens is 2. The molecule has 0 spiro atoms. The first-order chi connectivity index (χ1) is 7.33. The van der Waals surface area contributed by atoms with Crippen LogP contribution in [0.4, 0.5) is 0 Å². The molecule has 1 rings (SSSR count). The number of nitrogens with zero attached hydrogens (tertiary/aromatic N) is 2. The molecule has 0 aliphatic carbocycles. The third kappa shape index (κ3) is 3.32. The molecule has 1 aromatic heterocycles. The van der Waals surface area contributed by atoms with Gasteiger partial charge in [-0.05, 0) is 18.9 Å². The average Bonchev–Trinajstić information content (AvgIpc) is 2.68. The fourth-order valence-electron chi connectivity index (χ4n) is 1.76. The lowest BCUT2D eigenvalue weighted by Crippen LogP contribution is -2.30. The van der Waals surface area contributed by atoms with E-state index < -0.39 is 0 Å². The highest BCUT2D eigenvalue weighted by atomic mass is 15.3. The summed E-state index contributed by atoms with van der Waals surface area (Å²) in [5, 5.41) is 4.30. The zero-order valence-corrected chi connectivity index (χ0v) is 9.74. The van der Waals surface area contributed by atoms with Crippen molar-refractivity contribution >= 4 is 0 Å². The third-order valence-corrected chi connectivity index (χ3v) is 2.59. The van der Waals surface area contributed by atoms with Crippen LogP contribution in [0.2, 0.25) is 0 Å². The van der Waals surface area contributed by atoms with E-state index in [0.29, 0.717) is 0 Å². The maximum absolute atomic E-state index is 5.58. The summed E-state index contributed by atoms with van der Waals surface area (Å²) in [6, 6.07) is 2.29. The van der Waals surface area contributed by atoms with Gasteiger partial charge in [-0.15, -0.1) is 0 Å². The molecule has 86 valence electrons. The molecule has 4 heteroatoms. The van der Waals surface area contributed by atoms with E-state index >= 15 is 0 Å². The monoisotopic (exact) mass is 210 g/mol. The van der Waals surface area contributed by atoms with E-state index in [-0.39, 0.29) is 6.04 Å². The van der Waals surface area contributed by atoms with Gasteiger partial charge in [0.05, 0.1) is 11.7 Å². The van der Waals surface area contributed by atoms with E-state index in [4.69, 9.17) is 5.84 Å². The highest BCUT2D eigenvalue weighted by Gasteiger charge is 2.13. The number of nitrogens with one attached hydrogen (secondary N) is 1. The van der Waals surface area contributed by atoms with Crippen LogP contribution in [0.5, 0.6) is 0 Å². The summed E-state index contributed by atoms with van der Waals surface area (Å²) in [4.78, 5) is 0. The minimum atomic E-state index is 0.235. The van der Waals surface area contributed by atoms with Gasteiger partial charge in [-0.25, -0.2) is 0 Å². The molecule has 0 saturated heterocycles. The maximum Gasteiger partial charge on any atom is 0.0629 e. The third-order valence-electron chi connectivity index (χ3n) is 2.59. The van der Waals surface area contributed by atoms with Crippen LogP contribution in [0, 0.1) is 0 Å². The van der Waals surface area contributed by atoms with Crippen LogP contribution in [0.15, 0.2) is 12.3 Å². The number of rotatable bonds is 7. The maximum atomic E-state index is 5.58. The summed E-state index contributed by atoms with van der Waals surface area (Å²) in [5.41, 5.74) is 4.08. The predicted octanol–water partition coefficient (Wildman–Crippen LogP) is 1.99. The van der Waals surface area contributed by atoms with Gasteiger partial charge in [0.2, 0.25) is 0 Å². The van der Waals surface area contributed by atoms with Gasteiger partial charge in [0.25, 0.3) is 0 Å². The molecule has 1 heterocycles. The lowest BCUT2D eigenvalue weighted by atomic mass is 10.1. The molecule has 0 fully saturated rings. The number of hydrazine groups is 1. The smallest absolute Gasteiger partial charge is 0.0629 e. The summed E-state index contributed by atoms with van der Waals surface area (Å²) in [6.45, 7) is 5.31. The Morgan fingerprint density at radius 1 is 1.47 bits per heavy atom. The number of unbranched alkanes of at least 4 members (excludes halogenated alkanes) is 1. The van der Waals surface area contributed by atoms with E-state index in [2.05, 4.69) is 30.4 Å². The van der Waals surface area contributed by atoms with Crippen molar-refractivity contribution in [1.29, 1.82) is 0 Å². The first-order valence-electron chi connectivity index (χ1n) is 5.81.